The number of halogens is 1. The summed E-state index contributed by atoms with van der Waals surface area (Å²) < 4.78 is 0. The van der Waals surface area contributed by atoms with E-state index in [4.69, 9.17) is 11.6 Å². The molecule has 2 aromatic heterocycles. The highest BCUT2D eigenvalue weighted by molar-refractivity contribution is 6.30. The van der Waals surface area contributed by atoms with Crippen LogP contribution in [0.25, 0.3) is 0 Å². The van der Waals surface area contributed by atoms with Crippen LogP contribution in [0.3, 0.4) is 0 Å². The first-order chi connectivity index (χ1) is 10.2. The molecule has 0 spiro atoms. The van der Waals surface area contributed by atoms with Crippen molar-refractivity contribution in [2.45, 2.75) is 0 Å². The SMILES string of the molecule is O=C(c1cc(Cl)ccn1)N1CCN(c2ncccn2)CC1. The van der Waals surface area contributed by atoms with Crippen LogP contribution in [0.4, 0.5) is 5.95 Å². The highest BCUT2D eigenvalue weighted by Crippen LogP contribution is 2.14. The van der Waals surface area contributed by atoms with E-state index in [1.807, 2.05) is 0 Å². The third-order valence-electron chi connectivity index (χ3n) is 3.34. The number of carbonyl (C=O) groups is 1. The molecular weight excluding hydrogens is 290 g/mol. The van der Waals surface area contributed by atoms with Crippen LogP contribution in [-0.4, -0.2) is 51.9 Å². The summed E-state index contributed by atoms with van der Waals surface area (Å²) in [5.41, 5.74) is 0.381. The van der Waals surface area contributed by atoms with Crippen molar-refractivity contribution >= 4 is 23.5 Å². The highest BCUT2D eigenvalue weighted by atomic mass is 35.5. The van der Waals surface area contributed by atoms with Crippen LogP contribution >= 0.6 is 11.6 Å². The fourth-order valence-corrected chi connectivity index (χ4v) is 2.41. The highest BCUT2D eigenvalue weighted by Gasteiger charge is 2.24. The van der Waals surface area contributed by atoms with Crippen molar-refractivity contribution in [2.24, 2.45) is 0 Å². The predicted molar refractivity (Wildman–Crippen MR) is 79.4 cm³/mol. The Morgan fingerprint density at radius 3 is 2.43 bits per heavy atom. The van der Waals surface area contributed by atoms with E-state index in [0.29, 0.717) is 42.8 Å². The van der Waals surface area contributed by atoms with Gasteiger partial charge in [0.25, 0.3) is 5.91 Å². The summed E-state index contributed by atoms with van der Waals surface area (Å²) in [6, 6.07) is 5.04. The molecular formula is C14H14ClN5O. The molecule has 0 atom stereocenters. The third-order valence-corrected chi connectivity index (χ3v) is 3.58. The number of hydrogen-bond acceptors (Lipinski definition) is 5. The number of rotatable bonds is 2. The second-order valence-electron chi connectivity index (χ2n) is 4.69. The van der Waals surface area contributed by atoms with E-state index in [1.165, 1.54) is 0 Å². The van der Waals surface area contributed by atoms with Crippen LogP contribution in [0.1, 0.15) is 10.5 Å². The molecule has 21 heavy (non-hydrogen) atoms. The van der Waals surface area contributed by atoms with Crippen molar-refractivity contribution in [3.05, 3.63) is 47.5 Å². The normalized spacial score (nSPS) is 15.1. The number of piperazine rings is 1. The zero-order valence-corrected chi connectivity index (χ0v) is 12.1. The number of nitrogens with zero attached hydrogens (tertiary/aromatic N) is 5. The van der Waals surface area contributed by atoms with Crippen molar-refractivity contribution in [1.29, 1.82) is 0 Å². The van der Waals surface area contributed by atoms with E-state index in [1.54, 1.807) is 41.7 Å². The molecule has 1 aliphatic heterocycles. The molecule has 1 aliphatic rings. The Bertz CT molecular complexity index is 628. The topological polar surface area (TPSA) is 62.2 Å². The van der Waals surface area contributed by atoms with Crippen LogP contribution in [-0.2, 0) is 0 Å². The van der Waals surface area contributed by atoms with Gasteiger partial charge in [-0.3, -0.25) is 9.78 Å². The Morgan fingerprint density at radius 2 is 1.76 bits per heavy atom. The molecule has 0 radical (unpaired) electrons. The van der Waals surface area contributed by atoms with E-state index in [0.717, 1.165) is 0 Å². The van der Waals surface area contributed by atoms with E-state index >= 15 is 0 Å². The maximum Gasteiger partial charge on any atom is 0.272 e. The van der Waals surface area contributed by atoms with Gasteiger partial charge in [0.15, 0.2) is 0 Å². The average molecular weight is 304 g/mol. The Kier molecular flexibility index (Phi) is 3.96. The maximum atomic E-state index is 12.4. The van der Waals surface area contributed by atoms with Gasteiger partial charge in [-0.05, 0) is 18.2 Å². The Balaban J connectivity index is 1.64. The van der Waals surface area contributed by atoms with Crippen molar-refractivity contribution in [3.8, 4) is 0 Å². The predicted octanol–water partition coefficient (Wildman–Crippen LogP) is 1.49. The minimum absolute atomic E-state index is 0.0915. The molecule has 1 amide bonds. The summed E-state index contributed by atoms with van der Waals surface area (Å²) in [6.07, 6.45) is 4.98. The average Bonchev–Trinajstić information content (AvgIpc) is 2.55. The van der Waals surface area contributed by atoms with Crippen molar-refractivity contribution < 1.29 is 4.79 Å². The number of hydrogen-bond donors (Lipinski definition) is 0. The van der Waals surface area contributed by atoms with Gasteiger partial charge in [0.1, 0.15) is 5.69 Å². The van der Waals surface area contributed by atoms with E-state index < -0.39 is 0 Å². The lowest BCUT2D eigenvalue weighted by Gasteiger charge is -2.34. The first-order valence-electron chi connectivity index (χ1n) is 6.67. The molecule has 0 N–H and O–H groups in total. The number of aromatic nitrogens is 3. The van der Waals surface area contributed by atoms with Gasteiger partial charge in [-0.1, -0.05) is 11.6 Å². The first-order valence-corrected chi connectivity index (χ1v) is 7.04. The quantitative estimate of drug-likeness (QED) is 0.841. The first kappa shape index (κ1) is 13.8. The maximum absolute atomic E-state index is 12.4. The molecule has 3 heterocycles. The molecule has 0 aliphatic carbocycles. The minimum atomic E-state index is -0.0915. The number of amides is 1. The lowest BCUT2D eigenvalue weighted by molar-refractivity contribution is 0.0740. The molecule has 2 aromatic rings. The second kappa shape index (κ2) is 6.05. The smallest absolute Gasteiger partial charge is 0.272 e. The zero-order chi connectivity index (χ0) is 14.7. The van der Waals surface area contributed by atoms with Gasteiger partial charge in [-0.15, -0.1) is 0 Å². The molecule has 1 saturated heterocycles. The molecule has 3 rings (SSSR count). The lowest BCUT2D eigenvalue weighted by atomic mass is 10.2. The molecule has 108 valence electrons. The van der Waals surface area contributed by atoms with Crippen LogP contribution in [0.15, 0.2) is 36.8 Å². The number of anilines is 1. The van der Waals surface area contributed by atoms with Gasteiger partial charge in [0.2, 0.25) is 5.95 Å². The summed E-state index contributed by atoms with van der Waals surface area (Å²) >= 11 is 5.90. The summed E-state index contributed by atoms with van der Waals surface area (Å²) in [5, 5.41) is 0.518. The van der Waals surface area contributed by atoms with Gasteiger partial charge in [0, 0.05) is 49.8 Å². The van der Waals surface area contributed by atoms with Gasteiger partial charge < -0.3 is 9.80 Å². The third kappa shape index (κ3) is 3.11. The number of carbonyl (C=O) groups excluding carboxylic acids is 1. The van der Waals surface area contributed by atoms with E-state index in [9.17, 15) is 4.79 Å². The van der Waals surface area contributed by atoms with Crippen LogP contribution < -0.4 is 4.90 Å². The molecule has 0 unspecified atom stereocenters. The van der Waals surface area contributed by atoms with Gasteiger partial charge in [-0.2, -0.15) is 0 Å². The molecule has 1 fully saturated rings. The number of pyridine rings is 1. The van der Waals surface area contributed by atoms with Gasteiger partial charge in [0.05, 0.1) is 0 Å². The largest absolute Gasteiger partial charge is 0.337 e. The molecule has 0 aromatic carbocycles. The van der Waals surface area contributed by atoms with Crippen molar-refractivity contribution in [3.63, 3.8) is 0 Å². The van der Waals surface area contributed by atoms with Crippen LogP contribution in [0, 0.1) is 0 Å². The Hall–Kier alpha value is -2.21. The zero-order valence-electron chi connectivity index (χ0n) is 11.3. The Labute approximate surface area is 127 Å². The summed E-state index contributed by atoms with van der Waals surface area (Å²) in [4.78, 5) is 28.7. The van der Waals surface area contributed by atoms with Crippen LogP contribution in [0.2, 0.25) is 5.02 Å². The summed E-state index contributed by atoms with van der Waals surface area (Å²) in [5.74, 6) is 0.608. The van der Waals surface area contributed by atoms with Crippen molar-refractivity contribution in [1.82, 2.24) is 19.9 Å². The lowest BCUT2D eigenvalue weighted by Crippen LogP contribution is -2.49. The standard InChI is InChI=1S/C14H14ClN5O/c15-11-2-5-16-12(10-11)13(21)19-6-8-20(9-7-19)14-17-3-1-4-18-14/h1-5,10H,6-9H2. The summed E-state index contributed by atoms with van der Waals surface area (Å²) in [6.45, 7) is 2.64. The molecule has 0 saturated carbocycles. The van der Waals surface area contributed by atoms with Crippen molar-refractivity contribution in [2.75, 3.05) is 31.1 Å². The second-order valence-corrected chi connectivity index (χ2v) is 5.12. The Morgan fingerprint density at radius 1 is 1.05 bits per heavy atom. The monoisotopic (exact) mass is 303 g/mol. The van der Waals surface area contributed by atoms with Gasteiger partial charge >= 0.3 is 0 Å². The van der Waals surface area contributed by atoms with Crippen LogP contribution in [0.5, 0.6) is 0 Å². The van der Waals surface area contributed by atoms with E-state index in [-0.39, 0.29) is 5.91 Å². The molecule has 7 heteroatoms. The van der Waals surface area contributed by atoms with Gasteiger partial charge in [-0.25, -0.2) is 9.97 Å². The molecule has 0 bridgehead atoms. The van der Waals surface area contributed by atoms with E-state index in [2.05, 4.69) is 19.9 Å². The summed E-state index contributed by atoms with van der Waals surface area (Å²) in [7, 11) is 0. The fourth-order valence-electron chi connectivity index (χ4n) is 2.25. The minimum Gasteiger partial charge on any atom is -0.337 e. The molecule has 6 nitrogen and oxygen atoms in total. The fraction of sp³-hybridized carbons (Fsp3) is 0.286.